The summed E-state index contributed by atoms with van der Waals surface area (Å²) in [6, 6.07) is 9.79. The number of nitrogens with one attached hydrogen (secondary N) is 2. The Labute approximate surface area is 152 Å². The van der Waals surface area contributed by atoms with Crippen LogP contribution < -0.4 is 10.6 Å². The second kappa shape index (κ2) is 10.7. The molecule has 1 fully saturated rings. The Kier molecular flexibility index (Phi) is 8.27. The number of likely N-dealkylation sites (tertiary alicyclic amines) is 1. The maximum atomic E-state index is 8.97. The van der Waals surface area contributed by atoms with Crippen molar-refractivity contribution in [3.05, 3.63) is 35.4 Å². The third-order valence-corrected chi connectivity index (χ3v) is 4.64. The summed E-state index contributed by atoms with van der Waals surface area (Å²) in [6.45, 7) is 10.4. The number of guanidine groups is 1. The predicted octanol–water partition coefficient (Wildman–Crippen LogP) is 2.74. The highest BCUT2D eigenvalue weighted by Crippen LogP contribution is 2.15. The van der Waals surface area contributed by atoms with E-state index < -0.39 is 0 Å². The molecule has 2 rings (SSSR count). The van der Waals surface area contributed by atoms with Crippen molar-refractivity contribution in [1.29, 1.82) is 5.26 Å². The van der Waals surface area contributed by atoms with Crippen molar-refractivity contribution in [2.45, 2.75) is 39.7 Å². The van der Waals surface area contributed by atoms with Crippen LogP contribution in [0.5, 0.6) is 0 Å². The molecule has 0 radical (unpaired) electrons. The molecule has 1 aliphatic heterocycles. The molecule has 0 saturated carbocycles. The van der Waals surface area contributed by atoms with Crippen LogP contribution >= 0.6 is 0 Å². The summed E-state index contributed by atoms with van der Waals surface area (Å²) in [6.07, 6.45) is 3.79. The minimum Gasteiger partial charge on any atom is -0.357 e. The second-order valence-corrected chi connectivity index (χ2v) is 6.81. The molecule has 25 heavy (non-hydrogen) atoms. The van der Waals surface area contributed by atoms with Crippen molar-refractivity contribution in [2.24, 2.45) is 10.9 Å². The lowest BCUT2D eigenvalue weighted by atomic mass is 9.99. The van der Waals surface area contributed by atoms with E-state index in [4.69, 9.17) is 5.26 Å². The van der Waals surface area contributed by atoms with Crippen LogP contribution in [0.3, 0.4) is 0 Å². The second-order valence-electron chi connectivity index (χ2n) is 6.81. The Morgan fingerprint density at radius 3 is 2.84 bits per heavy atom. The van der Waals surface area contributed by atoms with Crippen molar-refractivity contribution in [3.8, 4) is 6.07 Å². The normalized spacial score (nSPS) is 16.4. The summed E-state index contributed by atoms with van der Waals surface area (Å²) in [5, 5.41) is 15.7. The summed E-state index contributed by atoms with van der Waals surface area (Å²) >= 11 is 0. The number of rotatable bonds is 7. The van der Waals surface area contributed by atoms with Crippen LogP contribution in [0.4, 0.5) is 0 Å². The molecular formula is C20H31N5. The fourth-order valence-corrected chi connectivity index (χ4v) is 3.05. The third-order valence-electron chi connectivity index (χ3n) is 4.64. The maximum absolute atomic E-state index is 8.97. The molecule has 1 aromatic rings. The smallest absolute Gasteiger partial charge is 0.191 e. The maximum Gasteiger partial charge on any atom is 0.191 e. The monoisotopic (exact) mass is 341 g/mol. The van der Waals surface area contributed by atoms with Crippen LogP contribution in [-0.2, 0) is 6.54 Å². The molecule has 0 spiro atoms. The number of hydrogen-bond acceptors (Lipinski definition) is 3. The Morgan fingerprint density at radius 2 is 2.12 bits per heavy atom. The van der Waals surface area contributed by atoms with E-state index in [1.807, 2.05) is 24.3 Å². The molecule has 0 amide bonds. The van der Waals surface area contributed by atoms with E-state index >= 15 is 0 Å². The highest BCUT2D eigenvalue weighted by Gasteiger charge is 2.14. The highest BCUT2D eigenvalue weighted by molar-refractivity contribution is 5.79. The van der Waals surface area contributed by atoms with E-state index in [0.29, 0.717) is 12.1 Å². The Hall–Kier alpha value is -2.06. The number of nitrogens with zero attached hydrogens (tertiary/aromatic N) is 3. The summed E-state index contributed by atoms with van der Waals surface area (Å²) in [5.74, 6) is 1.73. The van der Waals surface area contributed by atoms with Crippen LogP contribution in [0, 0.1) is 17.2 Å². The van der Waals surface area contributed by atoms with Crippen molar-refractivity contribution < 1.29 is 0 Å². The van der Waals surface area contributed by atoms with Gasteiger partial charge >= 0.3 is 0 Å². The first-order valence-corrected chi connectivity index (χ1v) is 9.45. The zero-order valence-corrected chi connectivity index (χ0v) is 15.6. The zero-order chi connectivity index (χ0) is 17.9. The van der Waals surface area contributed by atoms with Crippen LogP contribution in [0.2, 0.25) is 0 Å². The standard InChI is InChI=1S/C20H31N5/c1-3-22-20(24-16-19-7-4-6-18(14-19)15-21)23-10-5-11-25-12-8-17(2)9-13-25/h4,6-7,14,17H,3,5,8-13,16H2,1-2H3,(H2,22,23,24). The third kappa shape index (κ3) is 7.15. The Morgan fingerprint density at radius 1 is 1.32 bits per heavy atom. The zero-order valence-electron chi connectivity index (χ0n) is 15.6. The van der Waals surface area contributed by atoms with E-state index in [1.165, 1.54) is 25.9 Å². The first-order valence-electron chi connectivity index (χ1n) is 9.45. The molecule has 1 aromatic carbocycles. The molecule has 0 aliphatic carbocycles. The first-order chi connectivity index (χ1) is 12.2. The summed E-state index contributed by atoms with van der Waals surface area (Å²) in [4.78, 5) is 7.19. The molecule has 0 unspecified atom stereocenters. The average Bonchev–Trinajstić information content (AvgIpc) is 2.64. The SMILES string of the molecule is CCNC(=NCc1cccc(C#N)c1)NCCCN1CCC(C)CC1. The number of hydrogen-bond donors (Lipinski definition) is 2. The molecule has 0 aromatic heterocycles. The molecule has 2 N–H and O–H groups in total. The first kappa shape index (κ1) is 19.3. The van der Waals surface area contributed by atoms with Gasteiger partial charge in [0.15, 0.2) is 5.96 Å². The lowest BCUT2D eigenvalue weighted by molar-refractivity contribution is 0.191. The van der Waals surface area contributed by atoms with Crippen LogP contribution in [-0.4, -0.2) is 43.6 Å². The van der Waals surface area contributed by atoms with Gasteiger partial charge in [-0.1, -0.05) is 19.1 Å². The summed E-state index contributed by atoms with van der Waals surface area (Å²) in [7, 11) is 0. The van der Waals surface area contributed by atoms with Gasteiger partial charge in [0.2, 0.25) is 0 Å². The minimum absolute atomic E-state index is 0.578. The van der Waals surface area contributed by atoms with E-state index in [-0.39, 0.29) is 0 Å². The lowest BCUT2D eigenvalue weighted by Gasteiger charge is -2.30. The quantitative estimate of drug-likeness (QED) is 0.455. The average molecular weight is 342 g/mol. The van der Waals surface area contributed by atoms with Gasteiger partial charge in [0.1, 0.15) is 0 Å². The van der Waals surface area contributed by atoms with Gasteiger partial charge < -0.3 is 15.5 Å². The van der Waals surface area contributed by atoms with Crippen molar-refractivity contribution in [3.63, 3.8) is 0 Å². The van der Waals surface area contributed by atoms with Gasteiger partial charge in [0.25, 0.3) is 0 Å². The lowest BCUT2D eigenvalue weighted by Crippen LogP contribution is -2.39. The van der Waals surface area contributed by atoms with Crippen LogP contribution in [0.1, 0.15) is 44.2 Å². The summed E-state index contributed by atoms with van der Waals surface area (Å²) < 4.78 is 0. The van der Waals surface area contributed by atoms with Crippen molar-refractivity contribution in [2.75, 3.05) is 32.7 Å². The van der Waals surface area contributed by atoms with E-state index in [9.17, 15) is 0 Å². The number of piperidine rings is 1. The molecule has 136 valence electrons. The van der Waals surface area contributed by atoms with Gasteiger partial charge in [-0.25, -0.2) is 4.99 Å². The topological polar surface area (TPSA) is 63.5 Å². The van der Waals surface area contributed by atoms with Gasteiger partial charge in [-0.05, 0) is 69.4 Å². The fraction of sp³-hybridized carbons (Fsp3) is 0.600. The van der Waals surface area contributed by atoms with Crippen LogP contribution in [0.25, 0.3) is 0 Å². The van der Waals surface area contributed by atoms with Gasteiger partial charge in [-0.15, -0.1) is 0 Å². The van der Waals surface area contributed by atoms with Crippen molar-refractivity contribution in [1.82, 2.24) is 15.5 Å². The van der Waals surface area contributed by atoms with Gasteiger partial charge in [-0.2, -0.15) is 5.26 Å². The highest BCUT2D eigenvalue weighted by atomic mass is 15.2. The molecule has 1 saturated heterocycles. The number of nitriles is 1. The molecule has 5 nitrogen and oxygen atoms in total. The van der Waals surface area contributed by atoms with Gasteiger partial charge in [0.05, 0.1) is 18.2 Å². The molecule has 0 bridgehead atoms. The van der Waals surface area contributed by atoms with Gasteiger partial charge in [0, 0.05) is 13.1 Å². The van der Waals surface area contributed by atoms with E-state index in [0.717, 1.165) is 43.5 Å². The number of benzene rings is 1. The Balaban J connectivity index is 1.74. The largest absolute Gasteiger partial charge is 0.357 e. The Bertz CT molecular complexity index is 582. The van der Waals surface area contributed by atoms with Crippen LogP contribution in [0.15, 0.2) is 29.3 Å². The molecule has 5 heteroatoms. The molecule has 1 aliphatic rings. The van der Waals surface area contributed by atoms with E-state index in [2.05, 4.69) is 40.4 Å². The molecule has 0 atom stereocenters. The van der Waals surface area contributed by atoms with Crippen molar-refractivity contribution >= 4 is 5.96 Å². The minimum atomic E-state index is 0.578. The fourth-order valence-electron chi connectivity index (χ4n) is 3.05. The predicted molar refractivity (Wildman–Crippen MR) is 103 cm³/mol. The molecular weight excluding hydrogens is 310 g/mol. The van der Waals surface area contributed by atoms with Gasteiger partial charge in [-0.3, -0.25) is 0 Å². The van der Waals surface area contributed by atoms with E-state index in [1.54, 1.807) is 0 Å². The summed E-state index contributed by atoms with van der Waals surface area (Å²) in [5.41, 5.74) is 1.74. The number of aliphatic imine (C=N–C) groups is 1. The molecule has 1 heterocycles.